The van der Waals surface area contributed by atoms with E-state index in [1.54, 1.807) is 6.07 Å². The van der Waals surface area contributed by atoms with E-state index in [-0.39, 0.29) is 12.0 Å². The molecule has 2 heterocycles. The van der Waals surface area contributed by atoms with Crippen LogP contribution in [0.2, 0.25) is 0 Å². The van der Waals surface area contributed by atoms with E-state index >= 15 is 0 Å². The number of aromatic nitrogens is 1. The number of hydrogen-bond donors (Lipinski definition) is 2. The number of rotatable bonds is 5. The van der Waals surface area contributed by atoms with Gasteiger partial charge in [0.05, 0.1) is 6.10 Å². The number of amides is 1. The molecule has 1 amide bonds. The molecule has 1 aliphatic heterocycles. The number of carbonyl (C=O) groups is 1. The van der Waals surface area contributed by atoms with Crippen molar-refractivity contribution in [3.8, 4) is 0 Å². The van der Waals surface area contributed by atoms with Crippen molar-refractivity contribution in [2.24, 2.45) is 0 Å². The van der Waals surface area contributed by atoms with Crippen LogP contribution < -0.4 is 5.32 Å². The summed E-state index contributed by atoms with van der Waals surface area (Å²) in [5.74, 6) is 1.15. The lowest BCUT2D eigenvalue weighted by Crippen LogP contribution is -2.42. The molecule has 0 bridgehead atoms. The van der Waals surface area contributed by atoms with Gasteiger partial charge in [-0.15, -0.1) is 0 Å². The summed E-state index contributed by atoms with van der Waals surface area (Å²) in [5.41, 5.74) is 2.13. The predicted octanol–water partition coefficient (Wildman–Crippen LogP) is 3.06. The predicted molar refractivity (Wildman–Crippen MR) is 104 cm³/mol. The van der Waals surface area contributed by atoms with Gasteiger partial charge in [-0.1, -0.05) is 19.3 Å². The topological polar surface area (TPSA) is 78.6 Å². The van der Waals surface area contributed by atoms with E-state index in [1.807, 2.05) is 12.1 Å². The highest BCUT2D eigenvalue weighted by Gasteiger charge is 2.21. The lowest BCUT2D eigenvalue weighted by molar-refractivity contribution is 0.0703. The smallest absolute Gasteiger partial charge is 0.251 e. The summed E-state index contributed by atoms with van der Waals surface area (Å²) in [7, 11) is 0. The molecule has 1 unspecified atom stereocenters. The number of β-amino-alcohol motifs (C(OH)–C–C–N with tert-alkyl or cyclic N) is 1. The summed E-state index contributed by atoms with van der Waals surface area (Å²) < 4.78 is 5.98. The van der Waals surface area contributed by atoms with Crippen LogP contribution >= 0.6 is 0 Å². The van der Waals surface area contributed by atoms with Gasteiger partial charge < -0.3 is 14.8 Å². The molecule has 1 aromatic carbocycles. The van der Waals surface area contributed by atoms with Crippen LogP contribution in [0.4, 0.5) is 0 Å². The van der Waals surface area contributed by atoms with Gasteiger partial charge in [0.15, 0.2) is 11.5 Å². The van der Waals surface area contributed by atoms with Crippen LogP contribution in [0.3, 0.4) is 0 Å². The van der Waals surface area contributed by atoms with Crippen molar-refractivity contribution in [2.45, 2.75) is 57.0 Å². The molecule has 1 aromatic heterocycles. The fourth-order valence-electron chi connectivity index (χ4n) is 4.27. The van der Waals surface area contributed by atoms with E-state index in [0.717, 1.165) is 50.2 Å². The molecule has 2 aromatic rings. The number of hydrogen-bond acceptors (Lipinski definition) is 5. The fraction of sp³-hybridized carbons (Fsp3) is 0.619. The third-order valence-electron chi connectivity index (χ3n) is 5.82. The number of oxazole rings is 1. The van der Waals surface area contributed by atoms with Crippen LogP contribution in [0.25, 0.3) is 11.1 Å². The minimum atomic E-state index is -0.235. The number of benzene rings is 1. The van der Waals surface area contributed by atoms with Gasteiger partial charge in [-0.2, -0.15) is 0 Å². The van der Waals surface area contributed by atoms with Crippen molar-refractivity contribution < 1.29 is 14.3 Å². The molecule has 146 valence electrons. The van der Waals surface area contributed by atoms with Crippen LogP contribution in [0.15, 0.2) is 22.6 Å². The largest absolute Gasteiger partial charge is 0.440 e. The summed E-state index contributed by atoms with van der Waals surface area (Å²) in [5, 5.41) is 12.7. The highest BCUT2D eigenvalue weighted by atomic mass is 16.3. The average Bonchev–Trinajstić information content (AvgIpc) is 3.12. The molecule has 0 radical (unpaired) electrons. The molecule has 1 atom stereocenters. The van der Waals surface area contributed by atoms with Crippen molar-refractivity contribution in [3.05, 3.63) is 29.7 Å². The Hall–Kier alpha value is -1.92. The van der Waals surface area contributed by atoms with Crippen LogP contribution in [0, 0.1) is 0 Å². The van der Waals surface area contributed by atoms with Crippen molar-refractivity contribution in [2.75, 3.05) is 26.2 Å². The van der Waals surface area contributed by atoms with Crippen LogP contribution in [0.5, 0.6) is 0 Å². The first-order chi connectivity index (χ1) is 13.2. The third-order valence-corrected chi connectivity index (χ3v) is 5.82. The Morgan fingerprint density at radius 3 is 2.89 bits per heavy atom. The van der Waals surface area contributed by atoms with E-state index in [1.165, 1.54) is 19.3 Å². The zero-order valence-electron chi connectivity index (χ0n) is 15.8. The highest BCUT2D eigenvalue weighted by molar-refractivity contribution is 5.97. The van der Waals surface area contributed by atoms with Gasteiger partial charge in [-0.3, -0.25) is 9.69 Å². The van der Waals surface area contributed by atoms with E-state index < -0.39 is 0 Å². The quantitative estimate of drug-likeness (QED) is 0.844. The second kappa shape index (κ2) is 8.40. The summed E-state index contributed by atoms with van der Waals surface area (Å²) in [6.07, 6.45) is 7.73. The maximum absolute atomic E-state index is 12.5. The minimum Gasteiger partial charge on any atom is -0.440 e. The molecular formula is C21H29N3O3. The first kappa shape index (κ1) is 18.4. The number of carbonyl (C=O) groups excluding carboxylic acids is 1. The molecule has 2 aliphatic rings. The molecule has 2 fully saturated rings. The number of nitrogens with one attached hydrogen (secondary N) is 1. The Labute approximate surface area is 159 Å². The van der Waals surface area contributed by atoms with Crippen molar-refractivity contribution >= 4 is 17.0 Å². The first-order valence-corrected chi connectivity index (χ1v) is 10.3. The molecular weight excluding hydrogens is 342 g/mol. The zero-order valence-corrected chi connectivity index (χ0v) is 15.8. The minimum absolute atomic E-state index is 0.0925. The number of aliphatic hydroxyl groups excluding tert-OH is 1. The summed E-state index contributed by atoms with van der Waals surface area (Å²) in [4.78, 5) is 19.3. The standard InChI is InChI=1S/C21H29N3O3/c25-17-7-4-11-24(14-17)12-10-22-20(26)16-8-9-18-19(13-16)27-21(23-18)15-5-2-1-3-6-15/h8-9,13,15,17,25H,1-7,10-12,14H2,(H,22,26). The Morgan fingerprint density at radius 2 is 2.07 bits per heavy atom. The highest BCUT2D eigenvalue weighted by Crippen LogP contribution is 2.33. The van der Waals surface area contributed by atoms with Gasteiger partial charge in [0, 0.05) is 31.1 Å². The molecule has 2 N–H and O–H groups in total. The Balaban J connectivity index is 1.35. The number of piperidine rings is 1. The van der Waals surface area contributed by atoms with Crippen LogP contribution in [-0.4, -0.2) is 53.2 Å². The zero-order chi connectivity index (χ0) is 18.6. The monoisotopic (exact) mass is 371 g/mol. The van der Waals surface area contributed by atoms with Gasteiger partial charge >= 0.3 is 0 Å². The lowest BCUT2D eigenvalue weighted by atomic mass is 9.89. The normalized spacial score (nSPS) is 22.2. The second-order valence-electron chi connectivity index (χ2n) is 7.92. The van der Waals surface area contributed by atoms with Gasteiger partial charge in [0.1, 0.15) is 5.52 Å². The van der Waals surface area contributed by atoms with Crippen molar-refractivity contribution in [1.82, 2.24) is 15.2 Å². The molecule has 6 nitrogen and oxygen atoms in total. The maximum atomic E-state index is 12.5. The molecule has 27 heavy (non-hydrogen) atoms. The summed E-state index contributed by atoms with van der Waals surface area (Å²) >= 11 is 0. The summed E-state index contributed by atoms with van der Waals surface area (Å²) in [6, 6.07) is 5.49. The van der Waals surface area contributed by atoms with Crippen LogP contribution in [0.1, 0.15) is 67.1 Å². The number of fused-ring (bicyclic) bond motifs is 1. The SMILES string of the molecule is O=C(NCCN1CCCC(O)C1)c1ccc2nc(C3CCCCC3)oc2c1. The maximum Gasteiger partial charge on any atom is 0.251 e. The average molecular weight is 371 g/mol. The number of aliphatic hydroxyl groups is 1. The van der Waals surface area contributed by atoms with Crippen molar-refractivity contribution in [1.29, 1.82) is 0 Å². The Bertz CT molecular complexity index is 782. The fourth-order valence-corrected chi connectivity index (χ4v) is 4.27. The van der Waals surface area contributed by atoms with Gasteiger partial charge in [-0.25, -0.2) is 4.98 Å². The lowest BCUT2D eigenvalue weighted by Gasteiger charge is -2.29. The van der Waals surface area contributed by atoms with E-state index in [2.05, 4.69) is 15.2 Å². The number of nitrogens with zero attached hydrogens (tertiary/aromatic N) is 2. The molecule has 1 aliphatic carbocycles. The summed E-state index contributed by atoms with van der Waals surface area (Å²) in [6.45, 7) is 3.03. The van der Waals surface area contributed by atoms with E-state index in [4.69, 9.17) is 4.42 Å². The van der Waals surface area contributed by atoms with Gasteiger partial charge in [0.2, 0.25) is 0 Å². The molecule has 6 heteroatoms. The van der Waals surface area contributed by atoms with Crippen LogP contribution in [-0.2, 0) is 0 Å². The third kappa shape index (κ3) is 4.50. The molecule has 1 saturated carbocycles. The first-order valence-electron chi connectivity index (χ1n) is 10.3. The number of likely N-dealkylation sites (tertiary alicyclic amines) is 1. The van der Waals surface area contributed by atoms with Crippen molar-refractivity contribution in [3.63, 3.8) is 0 Å². The molecule has 0 spiro atoms. The Kier molecular flexibility index (Phi) is 5.74. The van der Waals surface area contributed by atoms with E-state index in [0.29, 0.717) is 30.2 Å². The molecule has 1 saturated heterocycles. The molecule has 4 rings (SSSR count). The van der Waals surface area contributed by atoms with E-state index in [9.17, 15) is 9.90 Å². The van der Waals surface area contributed by atoms with Gasteiger partial charge in [0.25, 0.3) is 5.91 Å². The Morgan fingerprint density at radius 1 is 1.22 bits per heavy atom. The van der Waals surface area contributed by atoms with Gasteiger partial charge in [-0.05, 0) is 50.4 Å². The second-order valence-corrected chi connectivity index (χ2v) is 7.92.